The molecule has 2 saturated heterocycles. The fourth-order valence-corrected chi connectivity index (χ4v) is 5.20. The van der Waals surface area contributed by atoms with Crippen molar-refractivity contribution in [3.8, 4) is 0 Å². The summed E-state index contributed by atoms with van der Waals surface area (Å²) in [7, 11) is 1.79. The minimum atomic E-state index is -0.628. The summed E-state index contributed by atoms with van der Waals surface area (Å²) < 4.78 is 8.28. The Morgan fingerprint density at radius 1 is 1.38 bits per heavy atom. The summed E-state index contributed by atoms with van der Waals surface area (Å²) >= 11 is 0. The number of ether oxygens (including phenoxy) is 1. The zero-order chi connectivity index (χ0) is 20.8. The summed E-state index contributed by atoms with van der Waals surface area (Å²) in [5.74, 6) is 0.521. The Hall–Kier alpha value is -2.15. The van der Waals surface area contributed by atoms with E-state index in [0.29, 0.717) is 19.0 Å². The third-order valence-corrected chi connectivity index (χ3v) is 6.99. The average Bonchev–Trinajstić information content (AvgIpc) is 3.46. The fourth-order valence-electron chi connectivity index (χ4n) is 5.20. The lowest BCUT2D eigenvalue weighted by Gasteiger charge is -2.28. The number of hydrogen-bond donors (Lipinski definition) is 0. The standard InChI is InChI=1S/C22H32N4O3/c1-5-15(6-2)12-26-14-22-9-8-16(29-22)18(19(22)21(26)28)20(27)24(4)13-17-23-10-11-25(17)7-3/h8-11,15-16,18-19H,5-7,12-14H2,1-4H3/t16-,18?,19?,22-/m1/s1. The molecule has 0 aliphatic carbocycles. The lowest BCUT2D eigenvalue weighted by atomic mass is 9.76. The van der Waals surface area contributed by atoms with Crippen LogP contribution in [0.1, 0.15) is 39.4 Å². The smallest absolute Gasteiger partial charge is 0.230 e. The average molecular weight is 401 g/mol. The van der Waals surface area contributed by atoms with Crippen LogP contribution in [0.25, 0.3) is 0 Å². The second-order valence-corrected chi connectivity index (χ2v) is 8.63. The molecule has 7 nitrogen and oxygen atoms in total. The van der Waals surface area contributed by atoms with Gasteiger partial charge in [0.15, 0.2) is 0 Å². The van der Waals surface area contributed by atoms with E-state index in [1.165, 1.54) is 0 Å². The van der Waals surface area contributed by atoms with E-state index in [1.54, 1.807) is 18.1 Å². The van der Waals surface area contributed by atoms with Gasteiger partial charge >= 0.3 is 0 Å². The number of fused-ring (bicyclic) bond motifs is 1. The van der Waals surface area contributed by atoms with E-state index in [4.69, 9.17) is 4.74 Å². The molecule has 1 aromatic heterocycles. The zero-order valence-corrected chi connectivity index (χ0v) is 17.9. The van der Waals surface area contributed by atoms with E-state index in [2.05, 4.69) is 25.8 Å². The van der Waals surface area contributed by atoms with Crippen LogP contribution < -0.4 is 0 Å². The minimum absolute atomic E-state index is 0.0328. The van der Waals surface area contributed by atoms with E-state index < -0.39 is 17.4 Å². The summed E-state index contributed by atoms with van der Waals surface area (Å²) in [6, 6.07) is 0. The molecule has 0 N–H and O–H groups in total. The molecule has 0 radical (unpaired) electrons. The maximum Gasteiger partial charge on any atom is 0.230 e. The highest BCUT2D eigenvalue weighted by molar-refractivity contribution is 5.93. The molecule has 4 rings (SSSR count). The van der Waals surface area contributed by atoms with Crippen molar-refractivity contribution in [2.45, 2.75) is 58.4 Å². The van der Waals surface area contributed by atoms with E-state index in [1.807, 2.05) is 27.8 Å². The summed E-state index contributed by atoms with van der Waals surface area (Å²) in [5.41, 5.74) is -0.628. The molecule has 2 bridgehead atoms. The van der Waals surface area contributed by atoms with Crippen LogP contribution in [0.4, 0.5) is 0 Å². The summed E-state index contributed by atoms with van der Waals surface area (Å²) in [6.07, 6.45) is 9.47. The van der Waals surface area contributed by atoms with Gasteiger partial charge in [-0.3, -0.25) is 9.59 Å². The fraction of sp³-hybridized carbons (Fsp3) is 0.682. The van der Waals surface area contributed by atoms with Crippen LogP contribution in [-0.4, -0.2) is 63.0 Å². The molecule has 0 aromatic carbocycles. The van der Waals surface area contributed by atoms with Gasteiger partial charge in [-0.1, -0.05) is 38.8 Å². The second kappa shape index (κ2) is 7.59. The Bertz CT molecular complexity index is 815. The molecule has 4 atom stereocenters. The predicted octanol–water partition coefficient (Wildman–Crippen LogP) is 2.08. The molecule has 2 fully saturated rings. The Balaban J connectivity index is 1.52. The third-order valence-electron chi connectivity index (χ3n) is 6.99. The van der Waals surface area contributed by atoms with Gasteiger partial charge in [0.1, 0.15) is 11.4 Å². The van der Waals surface area contributed by atoms with Gasteiger partial charge in [0.05, 0.1) is 31.0 Å². The Morgan fingerprint density at radius 3 is 2.83 bits per heavy atom. The minimum Gasteiger partial charge on any atom is -0.360 e. The number of amides is 2. The first-order valence-corrected chi connectivity index (χ1v) is 10.8. The van der Waals surface area contributed by atoms with Crippen LogP contribution in [0.3, 0.4) is 0 Å². The van der Waals surface area contributed by atoms with Crippen molar-refractivity contribution in [2.75, 3.05) is 20.1 Å². The SMILES string of the molecule is CCC(CC)CN1C[C@@]23C=C[C@@H](O2)C(C(=O)N(C)Cc2nccn2CC)C3C1=O. The first kappa shape index (κ1) is 20.1. The molecule has 3 aliphatic rings. The van der Waals surface area contributed by atoms with Crippen LogP contribution in [0.2, 0.25) is 0 Å². The lowest BCUT2D eigenvalue weighted by Crippen LogP contribution is -2.45. The number of imidazole rings is 1. The van der Waals surface area contributed by atoms with Gasteiger partial charge in [-0.25, -0.2) is 4.98 Å². The molecular weight excluding hydrogens is 368 g/mol. The highest BCUT2D eigenvalue weighted by atomic mass is 16.5. The Kier molecular flexibility index (Phi) is 5.27. The maximum atomic E-state index is 13.4. The molecular formula is C22H32N4O3. The van der Waals surface area contributed by atoms with Crippen molar-refractivity contribution >= 4 is 11.8 Å². The lowest BCUT2D eigenvalue weighted by molar-refractivity contribution is -0.143. The van der Waals surface area contributed by atoms with Crippen molar-refractivity contribution in [1.82, 2.24) is 19.4 Å². The predicted molar refractivity (Wildman–Crippen MR) is 109 cm³/mol. The number of carbonyl (C=O) groups is 2. The molecule has 1 spiro atoms. The quantitative estimate of drug-likeness (QED) is 0.627. The van der Waals surface area contributed by atoms with Crippen LogP contribution in [-0.2, 0) is 27.4 Å². The van der Waals surface area contributed by atoms with Gasteiger partial charge in [0.25, 0.3) is 0 Å². The van der Waals surface area contributed by atoms with E-state index >= 15 is 0 Å². The summed E-state index contributed by atoms with van der Waals surface area (Å²) in [6.45, 7) is 8.93. The third kappa shape index (κ3) is 3.19. The van der Waals surface area contributed by atoms with E-state index in [0.717, 1.165) is 31.8 Å². The number of carbonyl (C=O) groups excluding carboxylic acids is 2. The second-order valence-electron chi connectivity index (χ2n) is 8.63. The van der Waals surface area contributed by atoms with Crippen molar-refractivity contribution in [3.63, 3.8) is 0 Å². The van der Waals surface area contributed by atoms with Crippen molar-refractivity contribution in [2.24, 2.45) is 17.8 Å². The number of aromatic nitrogens is 2. The molecule has 29 heavy (non-hydrogen) atoms. The highest BCUT2D eigenvalue weighted by Crippen LogP contribution is 2.52. The number of nitrogens with zero attached hydrogens (tertiary/aromatic N) is 4. The molecule has 2 amide bonds. The van der Waals surface area contributed by atoms with Gasteiger partial charge in [0, 0.05) is 32.5 Å². The van der Waals surface area contributed by atoms with Gasteiger partial charge < -0.3 is 19.1 Å². The highest BCUT2D eigenvalue weighted by Gasteiger charge is 2.67. The monoisotopic (exact) mass is 400 g/mol. The van der Waals surface area contributed by atoms with Crippen LogP contribution in [0, 0.1) is 17.8 Å². The number of hydrogen-bond acceptors (Lipinski definition) is 4. The van der Waals surface area contributed by atoms with Crippen molar-refractivity contribution in [3.05, 3.63) is 30.4 Å². The van der Waals surface area contributed by atoms with E-state index in [-0.39, 0.29) is 17.9 Å². The van der Waals surface area contributed by atoms with Crippen LogP contribution in [0.15, 0.2) is 24.5 Å². The zero-order valence-electron chi connectivity index (χ0n) is 17.9. The number of aryl methyl sites for hydroxylation is 1. The van der Waals surface area contributed by atoms with Crippen molar-refractivity contribution < 1.29 is 14.3 Å². The molecule has 4 heterocycles. The largest absolute Gasteiger partial charge is 0.360 e. The number of likely N-dealkylation sites (tertiary alicyclic amines) is 1. The molecule has 0 saturated carbocycles. The Labute approximate surface area is 172 Å². The van der Waals surface area contributed by atoms with Gasteiger partial charge in [-0.2, -0.15) is 0 Å². The first-order chi connectivity index (χ1) is 13.9. The Morgan fingerprint density at radius 2 is 2.14 bits per heavy atom. The van der Waals surface area contributed by atoms with Crippen LogP contribution >= 0.6 is 0 Å². The molecule has 3 aliphatic heterocycles. The van der Waals surface area contributed by atoms with Gasteiger partial charge in [-0.15, -0.1) is 0 Å². The molecule has 7 heteroatoms. The van der Waals surface area contributed by atoms with Gasteiger partial charge in [-0.05, 0) is 12.8 Å². The van der Waals surface area contributed by atoms with Gasteiger partial charge in [0.2, 0.25) is 11.8 Å². The molecule has 2 unspecified atom stereocenters. The number of rotatable bonds is 8. The van der Waals surface area contributed by atoms with E-state index in [9.17, 15) is 9.59 Å². The topological polar surface area (TPSA) is 67.7 Å². The summed E-state index contributed by atoms with van der Waals surface area (Å²) in [5, 5.41) is 0. The van der Waals surface area contributed by atoms with Crippen LogP contribution in [0.5, 0.6) is 0 Å². The molecule has 158 valence electrons. The first-order valence-electron chi connectivity index (χ1n) is 10.8. The van der Waals surface area contributed by atoms with Crippen molar-refractivity contribution in [1.29, 1.82) is 0 Å². The normalized spacial score (nSPS) is 29.9. The maximum absolute atomic E-state index is 13.4. The summed E-state index contributed by atoms with van der Waals surface area (Å²) in [4.78, 5) is 34.7. The molecule has 1 aromatic rings.